The number of ether oxygens (including phenoxy) is 1. The van der Waals surface area contributed by atoms with Gasteiger partial charge in [0.25, 0.3) is 5.91 Å². The average Bonchev–Trinajstić information content (AvgIpc) is 2.55. The molecule has 0 atom stereocenters. The summed E-state index contributed by atoms with van der Waals surface area (Å²) in [5, 5.41) is 2.65. The van der Waals surface area contributed by atoms with Crippen molar-refractivity contribution in [3.63, 3.8) is 0 Å². The van der Waals surface area contributed by atoms with Crippen LogP contribution in [0.3, 0.4) is 0 Å². The average molecular weight is 315 g/mol. The molecule has 0 aromatic heterocycles. The van der Waals surface area contributed by atoms with Gasteiger partial charge in [0.15, 0.2) is 0 Å². The van der Waals surface area contributed by atoms with Gasteiger partial charge in [0.2, 0.25) is 0 Å². The zero-order valence-corrected chi connectivity index (χ0v) is 14.0. The molecular weight excluding hydrogens is 294 g/mol. The van der Waals surface area contributed by atoms with Gasteiger partial charge in [-0.05, 0) is 44.2 Å². The summed E-state index contributed by atoms with van der Waals surface area (Å²) in [7, 11) is 1.64. The summed E-state index contributed by atoms with van der Waals surface area (Å²) in [5.41, 5.74) is 2.94. The Kier molecular flexibility index (Phi) is 5.90. The molecule has 0 aliphatic carbocycles. The van der Waals surface area contributed by atoms with Gasteiger partial charge in [-0.15, -0.1) is 11.8 Å². The number of nitrogens with one attached hydrogen (secondary N) is 1. The Bertz CT molecular complexity index is 638. The van der Waals surface area contributed by atoms with E-state index < -0.39 is 0 Å². The van der Waals surface area contributed by atoms with Gasteiger partial charge in [-0.1, -0.05) is 17.7 Å². The van der Waals surface area contributed by atoms with E-state index in [1.807, 2.05) is 19.1 Å². The maximum absolute atomic E-state index is 11.8. The number of aryl methyl sites for hydroxylation is 1. The van der Waals surface area contributed by atoms with Crippen LogP contribution < -0.4 is 10.1 Å². The molecule has 0 unspecified atom stereocenters. The SMILES string of the molecule is CCOc1ccc(C(=O)NC)cc1CSc1ccc(C)cc1. The normalized spacial score (nSPS) is 10.3. The predicted octanol–water partition coefficient (Wildman–Crippen LogP) is 4.05. The fourth-order valence-electron chi connectivity index (χ4n) is 2.07. The van der Waals surface area contributed by atoms with Crippen LogP contribution in [0.15, 0.2) is 47.4 Å². The van der Waals surface area contributed by atoms with Gasteiger partial charge >= 0.3 is 0 Å². The first-order valence-corrected chi connectivity index (χ1v) is 8.30. The lowest BCUT2D eigenvalue weighted by molar-refractivity contribution is 0.0963. The topological polar surface area (TPSA) is 38.3 Å². The quantitative estimate of drug-likeness (QED) is 0.817. The predicted molar refractivity (Wildman–Crippen MR) is 91.7 cm³/mol. The molecule has 0 saturated carbocycles. The Labute approximate surface area is 136 Å². The number of hydrogen-bond donors (Lipinski definition) is 1. The molecule has 0 aliphatic heterocycles. The molecule has 1 N–H and O–H groups in total. The van der Waals surface area contributed by atoms with Gasteiger partial charge in [-0.2, -0.15) is 0 Å². The van der Waals surface area contributed by atoms with Crippen molar-refractivity contribution in [2.45, 2.75) is 24.5 Å². The smallest absolute Gasteiger partial charge is 0.251 e. The highest BCUT2D eigenvalue weighted by molar-refractivity contribution is 7.98. The molecule has 116 valence electrons. The molecule has 0 heterocycles. The summed E-state index contributed by atoms with van der Waals surface area (Å²) < 4.78 is 5.67. The lowest BCUT2D eigenvalue weighted by atomic mass is 10.1. The molecule has 22 heavy (non-hydrogen) atoms. The number of carbonyl (C=O) groups excluding carboxylic acids is 1. The molecule has 2 aromatic rings. The third-order valence-electron chi connectivity index (χ3n) is 3.26. The Morgan fingerprint density at radius 1 is 1.18 bits per heavy atom. The van der Waals surface area contributed by atoms with Gasteiger partial charge in [0.1, 0.15) is 5.75 Å². The summed E-state index contributed by atoms with van der Waals surface area (Å²) in [6.07, 6.45) is 0. The Balaban J connectivity index is 2.18. The van der Waals surface area contributed by atoms with Crippen molar-refractivity contribution in [2.75, 3.05) is 13.7 Å². The summed E-state index contributed by atoms with van der Waals surface area (Å²) in [6.45, 7) is 4.65. The Morgan fingerprint density at radius 2 is 1.91 bits per heavy atom. The van der Waals surface area contributed by atoms with Crippen LogP contribution in [0.4, 0.5) is 0 Å². The first kappa shape index (κ1) is 16.4. The second kappa shape index (κ2) is 7.90. The maximum atomic E-state index is 11.8. The molecule has 0 bridgehead atoms. The lowest BCUT2D eigenvalue weighted by Crippen LogP contribution is -2.18. The van der Waals surface area contributed by atoms with Crippen molar-refractivity contribution in [3.05, 3.63) is 59.2 Å². The van der Waals surface area contributed by atoms with Crippen LogP contribution in [0.2, 0.25) is 0 Å². The van der Waals surface area contributed by atoms with E-state index in [0.29, 0.717) is 12.2 Å². The highest BCUT2D eigenvalue weighted by atomic mass is 32.2. The third kappa shape index (κ3) is 4.28. The molecule has 4 heteroatoms. The first-order chi connectivity index (χ1) is 10.6. The van der Waals surface area contributed by atoms with Crippen LogP contribution in [-0.2, 0) is 5.75 Å². The highest BCUT2D eigenvalue weighted by Crippen LogP contribution is 2.29. The maximum Gasteiger partial charge on any atom is 0.251 e. The van der Waals surface area contributed by atoms with Crippen LogP contribution in [0.25, 0.3) is 0 Å². The van der Waals surface area contributed by atoms with Crippen molar-refractivity contribution in [2.24, 2.45) is 0 Å². The monoisotopic (exact) mass is 315 g/mol. The van der Waals surface area contributed by atoms with E-state index in [9.17, 15) is 4.79 Å². The summed E-state index contributed by atoms with van der Waals surface area (Å²) in [4.78, 5) is 13.0. The van der Waals surface area contributed by atoms with Crippen LogP contribution in [0, 0.1) is 6.92 Å². The molecule has 2 rings (SSSR count). The zero-order valence-electron chi connectivity index (χ0n) is 13.2. The largest absolute Gasteiger partial charge is 0.494 e. The molecule has 2 aromatic carbocycles. The number of benzene rings is 2. The third-order valence-corrected chi connectivity index (χ3v) is 4.33. The molecule has 0 fully saturated rings. The van der Waals surface area contributed by atoms with Crippen LogP contribution >= 0.6 is 11.8 Å². The van der Waals surface area contributed by atoms with E-state index in [0.717, 1.165) is 17.1 Å². The van der Waals surface area contributed by atoms with E-state index in [1.54, 1.807) is 24.9 Å². The van der Waals surface area contributed by atoms with E-state index in [2.05, 4.69) is 36.5 Å². The summed E-state index contributed by atoms with van der Waals surface area (Å²) in [6, 6.07) is 14.0. The van der Waals surface area contributed by atoms with E-state index in [4.69, 9.17) is 4.74 Å². The first-order valence-electron chi connectivity index (χ1n) is 7.31. The van der Waals surface area contributed by atoms with E-state index in [-0.39, 0.29) is 5.91 Å². The van der Waals surface area contributed by atoms with Crippen molar-refractivity contribution >= 4 is 17.7 Å². The van der Waals surface area contributed by atoms with Crippen LogP contribution in [-0.4, -0.2) is 19.6 Å². The van der Waals surface area contributed by atoms with Gasteiger partial charge < -0.3 is 10.1 Å². The Morgan fingerprint density at radius 3 is 2.55 bits per heavy atom. The van der Waals surface area contributed by atoms with Crippen molar-refractivity contribution in [1.82, 2.24) is 5.32 Å². The van der Waals surface area contributed by atoms with E-state index >= 15 is 0 Å². The number of rotatable bonds is 6. The molecule has 0 spiro atoms. The minimum absolute atomic E-state index is 0.0790. The fourth-order valence-corrected chi connectivity index (χ4v) is 2.95. The minimum Gasteiger partial charge on any atom is -0.494 e. The molecule has 0 radical (unpaired) electrons. The van der Waals surface area contributed by atoms with Gasteiger partial charge in [0, 0.05) is 28.8 Å². The second-order valence-corrected chi connectivity index (χ2v) is 5.99. The standard InChI is InChI=1S/C18H21NO2S/c1-4-21-17-10-7-14(18(20)19-3)11-15(17)12-22-16-8-5-13(2)6-9-16/h5-11H,4,12H2,1-3H3,(H,19,20). The molecule has 0 aliphatic rings. The number of hydrogen-bond acceptors (Lipinski definition) is 3. The van der Waals surface area contributed by atoms with Gasteiger partial charge in [0.05, 0.1) is 6.61 Å². The van der Waals surface area contributed by atoms with E-state index in [1.165, 1.54) is 10.5 Å². The number of amides is 1. The van der Waals surface area contributed by atoms with Crippen molar-refractivity contribution in [3.8, 4) is 5.75 Å². The number of carbonyl (C=O) groups is 1. The minimum atomic E-state index is -0.0790. The number of thioether (sulfide) groups is 1. The second-order valence-electron chi connectivity index (χ2n) is 4.94. The molecule has 3 nitrogen and oxygen atoms in total. The molecule has 0 saturated heterocycles. The van der Waals surface area contributed by atoms with Crippen LogP contribution in [0.1, 0.15) is 28.4 Å². The van der Waals surface area contributed by atoms with Crippen LogP contribution in [0.5, 0.6) is 5.75 Å². The highest BCUT2D eigenvalue weighted by Gasteiger charge is 2.10. The zero-order chi connectivity index (χ0) is 15.9. The fraction of sp³-hybridized carbons (Fsp3) is 0.278. The molecular formula is C18H21NO2S. The summed E-state index contributed by atoms with van der Waals surface area (Å²) in [5.74, 6) is 1.53. The molecule has 1 amide bonds. The summed E-state index contributed by atoms with van der Waals surface area (Å²) >= 11 is 1.74. The van der Waals surface area contributed by atoms with Crippen molar-refractivity contribution in [1.29, 1.82) is 0 Å². The van der Waals surface area contributed by atoms with Gasteiger partial charge in [-0.3, -0.25) is 4.79 Å². The Hall–Kier alpha value is -1.94. The lowest BCUT2D eigenvalue weighted by Gasteiger charge is -2.12. The van der Waals surface area contributed by atoms with Crippen molar-refractivity contribution < 1.29 is 9.53 Å². The van der Waals surface area contributed by atoms with Gasteiger partial charge in [-0.25, -0.2) is 0 Å².